The highest BCUT2D eigenvalue weighted by molar-refractivity contribution is 5.75. The lowest BCUT2D eigenvalue weighted by Crippen LogP contribution is -2.37. The van der Waals surface area contributed by atoms with Crippen LogP contribution in [-0.4, -0.2) is 18.2 Å². The Labute approximate surface area is 98.8 Å². The third kappa shape index (κ3) is 3.75. The summed E-state index contributed by atoms with van der Waals surface area (Å²) in [6.07, 6.45) is -3.48. The molecule has 17 heavy (non-hydrogen) atoms. The Bertz CT molecular complexity index is 309. The zero-order valence-corrected chi connectivity index (χ0v) is 10.0. The summed E-state index contributed by atoms with van der Waals surface area (Å²) in [5.74, 6) is -1.98. The van der Waals surface area contributed by atoms with E-state index < -0.39 is 18.2 Å². The summed E-state index contributed by atoms with van der Waals surface area (Å²) in [6, 6.07) is 0. The number of ether oxygens (including phenoxy) is 1. The summed E-state index contributed by atoms with van der Waals surface area (Å²) in [6.45, 7) is 7.46. The summed E-state index contributed by atoms with van der Waals surface area (Å²) in [7, 11) is 0. The van der Waals surface area contributed by atoms with Gasteiger partial charge in [-0.1, -0.05) is 19.1 Å². The standard InChI is InChI=1S/C12H17F3O2/c1-7(2)9-5-4-8(3)6-10(9)17-11(16)12(13,14)15/h8-10H,1,4-6H2,2-3H3. The Kier molecular flexibility index (Phi) is 4.22. The summed E-state index contributed by atoms with van der Waals surface area (Å²) in [5, 5.41) is 0. The second-order valence-electron chi connectivity index (χ2n) is 4.81. The van der Waals surface area contributed by atoms with Crippen LogP contribution in [-0.2, 0) is 9.53 Å². The molecule has 0 N–H and O–H groups in total. The van der Waals surface area contributed by atoms with Gasteiger partial charge in [-0.15, -0.1) is 0 Å². The van der Waals surface area contributed by atoms with E-state index in [1.807, 2.05) is 6.92 Å². The Morgan fingerprint density at radius 1 is 1.35 bits per heavy atom. The molecule has 0 saturated heterocycles. The van der Waals surface area contributed by atoms with Crippen molar-refractivity contribution in [2.75, 3.05) is 0 Å². The predicted octanol–water partition coefficient (Wildman–Crippen LogP) is 3.47. The van der Waals surface area contributed by atoms with Crippen LogP contribution >= 0.6 is 0 Å². The molecule has 3 atom stereocenters. The SMILES string of the molecule is C=C(C)C1CCC(C)CC1OC(=O)C(F)(F)F. The van der Waals surface area contributed by atoms with Gasteiger partial charge >= 0.3 is 12.1 Å². The van der Waals surface area contributed by atoms with Crippen molar-refractivity contribution < 1.29 is 22.7 Å². The maximum Gasteiger partial charge on any atom is 0.490 e. The highest BCUT2D eigenvalue weighted by Gasteiger charge is 2.44. The summed E-state index contributed by atoms with van der Waals surface area (Å²) in [4.78, 5) is 10.8. The first-order chi connectivity index (χ1) is 7.71. The smallest absolute Gasteiger partial charge is 0.455 e. The van der Waals surface area contributed by atoms with Crippen LogP contribution in [0.15, 0.2) is 12.2 Å². The monoisotopic (exact) mass is 250 g/mol. The number of alkyl halides is 3. The molecule has 0 aromatic heterocycles. The van der Waals surface area contributed by atoms with Crippen LogP contribution in [0.25, 0.3) is 0 Å². The van der Waals surface area contributed by atoms with Gasteiger partial charge < -0.3 is 4.74 Å². The minimum atomic E-state index is -4.92. The number of rotatable bonds is 2. The Morgan fingerprint density at radius 2 is 1.94 bits per heavy atom. The van der Waals surface area contributed by atoms with Crippen molar-refractivity contribution in [2.45, 2.75) is 45.4 Å². The molecule has 1 fully saturated rings. The molecule has 1 aliphatic rings. The van der Waals surface area contributed by atoms with Crippen molar-refractivity contribution in [1.82, 2.24) is 0 Å². The van der Waals surface area contributed by atoms with E-state index in [9.17, 15) is 18.0 Å². The van der Waals surface area contributed by atoms with Gasteiger partial charge in [0.2, 0.25) is 0 Å². The molecule has 3 unspecified atom stereocenters. The van der Waals surface area contributed by atoms with Crippen LogP contribution in [0, 0.1) is 11.8 Å². The molecule has 0 spiro atoms. The number of carbonyl (C=O) groups is 1. The predicted molar refractivity (Wildman–Crippen MR) is 57.3 cm³/mol. The van der Waals surface area contributed by atoms with Gasteiger partial charge in [-0.25, -0.2) is 4.79 Å². The summed E-state index contributed by atoms with van der Waals surface area (Å²) in [5.41, 5.74) is 0.775. The van der Waals surface area contributed by atoms with Crippen LogP contribution in [0.1, 0.15) is 33.1 Å². The van der Waals surface area contributed by atoms with Crippen molar-refractivity contribution in [3.05, 3.63) is 12.2 Å². The lowest BCUT2D eigenvalue weighted by Gasteiger charge is -2.34. The Balaban J connectivity index is 2.71. The first kappa shape index (κ1) is 14.1. The second-order valence-corrected chi connectivity index (χ2v) is 4.81. The van der Waals surface area contributed by atoms with Crippen LogP contribution < -0.4 is 0 Å². The quantitative estimate of drug-likeness (QED) is 0.554. The van der Waals surface area contributed by atoms with Gasteiger partial charge in [-0.2, -0.15) is 13.2 Å². The largest absolute Gasteiger partial charge is 0.490 e. The van der Waals surface area contributed by atoms with E-state index in [1.165, 1.54) is 0 Å². The van der Waals surface area contributed by atoms with Gasteiger partial charge in [0.05, 0.1) is 0 Å². The van der Waals surface area contributed by atoms with E-state index in [2.05, 4.69) is 11.3 Å². The highest BCUT2D eigenvalue weighted by atomic mass is 19.4. The molecule has 0 heterocycles. The van der Waals surface area contributed by atoms with Gasteiger partial charge in [-0.3, -0.25) is 0 Å². The third-order valence-corrected chi connectivity index (χ3v) is 3.18. The van der Waals surface area contributed by atoms with Gasteiger partial charge in [0, 0.05) is 5.92 Å². The van der Waals surface area contributed by atoms with Gasteiger partial charge in [-0.05, 0) is 32.1 Å². The molecule has 0 aliphatic heterocycles. The molecule has 5 heteroatoms. The number of hydrogen-bond acceptors (Lipinski definition) is 2. The minimum Gasteiger partial charge on any atom is -0.455 e. The number of carbonyl (C=O) groups excluding carboxylic acids is 1. The van der Waals surface area contributed by atoms with Crippen molar-refractivity contribution in [2.24, 2.45) is 11.8 Å². The molecule has 0 bridgehead atoms. The highest BCUT2D eigenvalue weighted by Crippen LogP contribution is 2.35. The maximum atomic E-state index is 12.1. The summed E-state index contributed by atoms with van der Waals surface area (Å²) >= 11 is 0. The lowest BCUT2D eigenvalue weighted by molar-refractivity contribution is -0.208. The molecule has 1 saturated carbocycles. The van der Waals surface area contributed by atoms with E-state index in [0.29, 0.717) is 6.42 Å². The topological polar surface area (TPSA) is 26.3 Å². The zero-order valence-electron chi connectivity index (χ0n) is 10.0. The molecular weight excluding hydrogens is 233 g/mol. The Morgan fingerprint density at radius 3 is 2.41 bits per heavy atom. The fourth-order valence-corrected chi connectivity index (χ4v) is 2.23. The van der Waals surface area contributed by atoms with Gasteiger partial charge in [0.15, 0.2) is 0 Å². The molecule has 1 rings (SSSR count). The number of esters is 1. The third-order valence-electron chi connectivity index (χ3n) is 3.18. The van der Waals surface area contributed by atoms with Crippen molar-refractivity contribution in [3.63, 3.8) is 0 Å². The normalized spacial score (nSPS) is 29.8. The van der Waals surface area contributed by atoms with E-state index in [1.54, 1.807) is 6.92 Å². The summed E-state index contributed by atoms with van der Waals surface area (Å²) < 4.78 is 41.0. The molecule has 0 radical (unpaired) electrons. The van der Waals surface area contributed by atoms with E-state index in [0.717, 1.165) is 18.4 Å². The second kappa shape index (κ2) is 5.10. The minimum absolute atomic E-state index is 0.155. The average Bonchev–Trinajstić information content (AvgIpc) is 2.15. The molecule has 0 aromatic rings. The van der Waals surface area contributed by atoms with Gasteiger partial charge in [0.1, 0.15) is 6.10 Å². The van der Waals surface area contributed by atoms with E-state index in [-0.39, 0.29) is 11.8 Å². The van der Waals surface area contributed by atoms with Gasteiger partial charge in [0.25, 0.3) is 0 Å². The fraction of sp³-hybridized carbons (Fsp3) is 0.750. The average molecular weight is 250 g/mol. The van der Waals surface area contributed by atoms with Crippen molar-refractivity contribution >= 4 is 5.97 Å². The van der Waals surface area contributed by atoms with Crippen LogP contribution in [0.2, 0.25) is 0 Å². The first-order valence-electron chi connectivity index (χ1n) is 5.65. The van der Waals surface area contributed by atoms with Crippen LogP contribution in [0.5, 0.6) is 0 Å². The zero-order chi connectivity index (χ0) is 13.2. The van der Waals surface area contributed by atoms with Crippen molar-refractivity contribution in [1.29, 1.82) is 0 Å². The van der Waals surface area contributed by atoms with Crippen LogP contribution in [0.4, 0.5) is 13.2 Å². The first-order valence-corrected chi connectivity index (χ1v) is 5.65. The molecule has 0 amide bonds. The molecular formula is C12H17F3O2. The number of halogens is 3. The number of hydrogen-bond donors (Lipinski definition) is 0. The molecule has 2 nitrogen and oxygen atoms in total. The molecule has 98 valence electrons. The Hall–Kier alpha value is -1.00. The molecule has 0 aromatic carbocycles. The van der Waals surface area contributed by atoms with Crippen LogP contribution in [0.3, 0.4) is 0 Å². The lowest BCUT2D eigenvalue weighted by atomic mass is 9.78. The van der Waals surface area contributed by atoms with E-state index in [4.69, 9.17) is 0 Å². The fourth-order valence-electron chi connectivity index (χ4n) is 2.23. The molecule has 1 aliphatic carbocycles. The maximum absolute atomic E-state index is 12.1. The van der Waals surface area contributed by atoms with E-state index >= 15 is 0 Å². The van der Waals surface area contributed by atoms with Crippen molar-refractivity contribution in [3.8, 4) is 0 Å².